The van der Waals surface area contributed by atoms with Gasteiger partial charge in [0.25, 0.3) is 5.88 Å². The van der Waals surface area contributed by atoms with Crippen molar-refractivity contribution in [1.29, 1.82) is 5.26 Å². The molecule has 0 aliphatic heterocycles. The Balaban J connectivity index is 1.68. The van der Waals surface area contributed by atoms with Crippen molar-refractivity contribution in [2.45, 2.75) is 49.6 Å². The molecule has 1 aliphatic rings. The molecule has 3 aromatic rings. The quantitative estimate of drug-likeness (QED) is 0.199. The number of nitrogens with one attached hydrogen (secondary N) is 1. The Morgan fingerprint density at radius 3 is 2.37 bits per heavy atom. The van der Waals surface area contributed by atoms with Crippen LogP contribution in [0.25, 0.3) is 16.9 Å². The third kappa shape index (κ3) is 6.50. The first-order valence-electron chi connectivity index (χ1n) is 11.0. The fraction of sp³-hybridized carbons (Fsp3) is 0.429. The Labute approximate surface area is 227 Å². The summed E-state index contributed by atoms with van der Waals surface area (Å²) in [5, 5.41) is 29.1. The maximum absolute atomic E-state index is 13.9. The maximum Gasteiger partial charge on any atom is 0.525 e. The lowest BCUT2D eigenvalue weighted by Gasteiger charge is -2.21. The van der Waals surface area contributed by atoms with Crippen LogP contribution in [0.4, 0.5) is 39.5 Å². The molecule has 1 aliphatic carbocycles. The second-order valence-electron chi connectivity index (χ2n) is 8.69. The molecule has 0 bridgehead atoms. The van der Waals surface area contributed by atoms with E-state index >= 15 is 0 Å². The van der Waals surface area contributed by atoms with Crippen molar-refractivity contribution in [3.63, 3.8) is 0 Å². The fourth-order valence-electron chi connectivity index (χ4n) is 3.59. The molecule has 2 N–H and O–H groups in total. The lowest BCUT2D eigenvalue weighted by molar-refractivity contribution is -0.411. The number of halogens is 10. The van der Waals surface area contributed by atoms with Crippen molar-refractivity contribution in [2.75, 3.05) is 0 Å². The van der Waals surface area contributed by atoms with E-state index < -0.39 is 54.0 Å². The Bertz CT molecular complexity index is 1480. The molecule has 2 unspecified atom stereocenters. The van der Waals surface area contributed by atoms with E-state index in [1.807, 2.05) is 6.07 Å². The molecular formula is C21H15ClF9N7O3. The summed E-state index contributed by atoms with van der Waals surface area (Å²) in [4.78, 5) is 3.91. The number of alkyl halides is 9. The van der Waals surface area contributed by atoms with Gasteiger partial charge in [-0.05, 0) is 18.9 Å². The third-order valence-electron chi connectivity index (χ3n) is 5.67. The lowest BCUT2D eigenvalue weighted by atomic mass is 10.1. The van der Waals surface area contributed by atoms with Crippen LogP contribution in [0.3, 0.4) is 0 Å². The van der Waals surface area contributed by atoms with Crippen molar-refractivity contribution < 1.29 is 54.1 Å². The van der Waals surface area contributed by atoms with Gasteiger partial charge in [0.2, 0.25) is 0 Å². The number of aromatic nitrogens is 5. The predicted molar refractivity (Wildman–Crippen MR) is 117 cm³/mol. The Morgan fingerprint density at radius 1 is 1.15 bits per heavy atom. The number of nitrogens with zero attached hydrogens (tertiary/aromatic N) is 6. The van der Waals surface area contributed by atoms with Gasteiger partial charge in [-0.2, -0.15) is 32.3 Å². The highest BCUT2D eigenvalue weighted by Crippen LogP contribution is 2.43. The zero-order valence-electron chi connectivity index (χ0n) is 20.1. The minimum atomic E-state index is -5.89. The zero-order chi connectivity index (χ0) is 30.5. The molecule has 41 heavy (non-hydrogen) atoms. The molecule has 10 nitrogen and oxygen atoms in total. The zero-order valence-corrected chi connectivity index (χ0v) is 20.9. The van der Waals surface area contributed by atoms with Crippen LogP contribution in [0.15, 0.2) is 24.7 Å². The van der Waals surface area contributed by atoms with Crippen LogP contribution in [0.5, 0.6) is 5.88 Å². The van der Waals surface area contributed by atoms with E-state index in [1.54, 1.807) is 0 Å². The minimum Gasteiger partial charge on any atom is -0.408 e. The topological polar surface area (TPSA) is 123 Å². The van der Waals surface area contributed by atoms with Gasteiger partial charge >= 0.3 is 25.0 Å². The summed E-state index contributed by atoms with van der Waals surface area (Å²) in [6, 6.07) is 3.32. The van der Waals surface area contributed by atoms with E-state index in [1.165, 1.54) is 12.3 Å². The minimum absolute atomic E-state index is 0.0229. The standard InChI is InChI=1S/C21H15ClF9N7O3/c1-37-16(12(19(24,25)26)15(36-37)40-20(27,28)17(23)41-21(29,30)31)38-7-10(6-34-38)9-4-11(13(22)33-5-9)14(39)35-18(8-32)2-3-18/h4-7,14,17,35,39H,2-3H2,1H3. The van der Waals surface area contributed by atoms with Crippen molar-refractivity contribution in [1.82, 2.24) is 29.9 Å². The smallest absolute Gasteiger partial charge is 0.408 e. The molecule has 0 saturated heterocycles. The number of aliphatic hydroxyl groups is 1. The van der Waals surface area contributed by atoms with E-state index in [4.69, 9.17) is 11.6 Å². The summed E-state index contributed by atoms with van der Waals surface area (Å²) >= 11 is 6.05. The number of pyridine rings is 1. The van der Waals surface area contributed by atoms with Gasteiger partial charge in [0.1, 0.15) is 16.9 Å². The first kappa shape index (κ1) is 30.4. The molecule has 0 aromatic carbocycles. The molecule has 1 saturated carbocycles. The lowest BCUT2D eigenvalue weighted by Crippen LogP contribution is -2.41. The van der Waals surface area contributed by atoms with Gasteiger partial charge in [-0.3, -0.25) is 5.32 Å². The Kier molecular flexibility index (Phi) is 7.66. The first-order chi connectivity index (χ1) is 18.9. The number of hydrogen-bond acceptors (Lipinski definition) is 8. The van der Waals surface area contributed by atoms with Gasteiger partial charge in [0.15, 0.2) is 11.4 Å². The summed E-state index contributed by atoms with van der Waals surface area (Å²) in [7, 11) is 0.850. The van der Waals surface area contributed by atoms with Crippen molar-refractivity contribution in [2.24, 2.45) is 7.05 Å². The first-order valence-corrected chi connectivity index (χ1v) is 11.4. The molecule has 1 fully saturated rings. The molecule has 0 amide bonds. The van der Waals surface area contributed by atoms with E-state index in [9.17, 15) is 49.9 Å². The molecule has 3 heterocycles. The molecule has 20 heteroatoms. The predicted octanol–water partition coefficient (Wildman–Crippen LogP) is 4.78. The van der Waals surface area contributed by atoms with Crippen LogP contribution in [0, 0.1) is 11.3 Å². The highest BCUT2D eigenvalue weighted by Gasteiger charge is 2.53. The average Bonchev–Trinajstić information content (AvgIpc) is 3.29. The fourth-order valence-corrected chi connectivity index (χ4v) is 3.80. The summed E-state index contributed by atoms with van der Waals surface area (Å²) in [5.41, 5.74) is -2.70. The van der Waals surface area contributed by atoms with Gasteiger partial charge in [0, 0.05) is 36.1 Å². The number of aryl methyl sites for hydroxylation is 1. The van der Waals surface area contributed by atoms with Gasteiger partial charge in [-0.15, -0.1) is 18.3 Å². The van der Waals surface area contributed by atoms with Crippen molar-refractivity contribution >= 4 is 11.6 Å². The van der Waals surface area contributed by atoms with Crippen molar-refractivity contribution in [3.8, 4) is 28.9 Å². The van der Waals surface area contributed by atoms with Crippen LogP contribution < -0.4 is 10.1 Å². The van der Waals surface area contributed by atoms with E-state index in [-0.39, 0.29) is 21.8 Å². The summed E-state index contributed by atoms with van der Waals surface area (Å²) in [5.74, 6) is -2.99. The Hall–Kier alpha value is -3.60. The molecule has 4 rings (SSSR count). The third-order valence-corrected chi connectivity index (χ3v) is 5.99. The summed E-state index contributed by atoms with van der Waals surface area (Å²) in [6.45, 7) is 0. The maximum atomic E-state index is 13.9. The van der Waals surface area contributed by atoms with Gasteiger partial charge < -0.3 is 9.84 Å². The molecular weight excluding hydrogens is 605 g/mol. The van der Waals surface area contributed by atoms with Gasteiger partial charge in [-0.1, -0.05) is 11.6 Å². The SMILES string of the molecule is Cn1nc(OC(F)(F)C(F)OC(F)(F)F)c(C(F)(F)F)c1-n1cc(-c2cnc(Cl)c(C(O)NC3(C#N)CC3)c2)cn1. The summed E-state index contributed by atoms with van der Waals surface area (Å²) < 4.78 is 127. The molecule has 3 aromatic heterocycles. The molecule has 222 valence electrons. The number of hydrogen-bond donors (Lipinski definition) is 2. The van der Waals surface area contributed by atoms with Crippen LogP contribution in [0.2, 0.25) is 5.15 Å². The normalized spacial score (nSPS) is 16.8. The second-order valence-corrected chi connectivity index (χ2v) is 9.05. The summed E-state index contributed by atoms with van der Waals surface area (Å²) in [6.07, 6.45) is -18.8. The van der Waals surface area contributed by atoms with Crippen LogP contribution in [0.1, 0.15) is 30.2 Å². The van der Waals surface area contributed by atoms with Crippen molar-refractivity contribution in [3.05, 3.63) is 40.9 Å². The monoisotopic (exact) mass is 619 g/mol. The Morgan fingerprint density at radius 2 is 1.80 bits per heavy atom. The second kappa shape index (κ2) is 10.3. The van der Waals surface area contributed by atoms with Crippen LogP contribution >= 0.6 is 11.6 Å². The van der Waals surface area contributed by atoms with Gasteiger partial charge in [0.05, 0.1) is 12.3 Å². The molecule has 2 atom stereocenters. The largest absolute Gasteiger partial charge is 0.525 e. The van der Waals surface area contributed by atoms with Crippen LogP contribution in [-0.2, 0) is 18.0 Å². The van der Waals surface area contributed by atoms with Crippen LogP contribution in [-0.4, -0.2) is 54.0 Å². The van der Waals surface area contributed by atoms with Gasteiger partial charge in [-0.25, -0.2) is 23.5 Å². The highest BCUT2D eigenvalue weighted by molar-refractivity contribution is 6.30. The van der Waals surface area contributed by atoms with E-state index in [2.05, 4.69) is 30.0 Å². The number of aliphatic hydroxyl groups excluding tert-OH is 1. The molecule has 0 radical (unpaired) electrons. The molecule has 0 spiro atoms. The number of ether oxygens (including phenoxy) is 2. The highest BCUT2D eigenvalue weighted by atomic mass is 35.5. The number of nitriles is 1. The van der Waals surface area contributed by atoms with E-state index in [0.717, 1.165) is 19.4 Å². The average molecular weight is 620 g/mol. The number of rotatable bonds is 9. The van der Waals surface area contributed by atoms with E-state index in [0.29, 0.717) is 22.2 Å².